The summed E-state index contributed by atoms with van der Waals surface area (Å²) in [7, 11) is 0. The van der Waals surface area contributed by atoms with Gasteiger partial charge < -0.3 is 15.2 Å². The molecule has 4 rings (SSSR count). The Morgan fingerprint density at radius 2 is 1.79 bits per heavy atom. The molecule has 3 aromatic rings. The molecule has 0 aliphatic carbocycles. The summed E-state index contributed by atoms with van der Waals surface area (Å²) in [5.74, 6) is -0.282. The van der Waals surface area contributed by atoms with Crippen LogP contribution < -0.4 is 5.32 Å². The summed E-state index contributed by atoms with van der Waals surface area (Å²) in [6.07, 6.45) is 3.59. The number of aromatic nitrogens is 1. The van der Waals surface area contributed by atoms with Crippen molar-refractivity contribution in [3.63, 3.8) is 0 Å². The van der Waals surface area contributed by atoms with E-state index >= 15 is 0 Å². The Morgan fingerprint density at radius 3 is 2.55 bits per heavy atom. The largest absolute Gasteiger partial charge is 0.361 e. The summed E-state index contributed by atoms with van der Waals surface area (Å²) in [5.41, 5.74) is 2.91. The molecule has 5 nitrogen and oxygen atoms in total. The second-order valence-corrected chi connectivity index (χ2v) is 7.54. The lowest BCUT2D eigenvalue weighted by molar-refractivity contribution is -0.135. The van der Waals surface area contributed by atoms with Crippen molar-refractivity contribution in [3.05, 3.63) is 71.7 Å². The zero-order valence-electron chi connectivity index (χ0n) is 16.2. The Hall–Kier alpha value is -3.15. The van der Waals surface area contributed by atoms with E-state index in [0.717, 1.165) is 22.0 Å². The van der Waals surface area contributed by atoms with Crippen molar-refractivity contribution in [3.8, 4) is 0 Å². The van der Waals surface area contributed by atoms with Crippen LogP contribution in [0.3, 0.4) is 0 Å². The van der Waals surface area contributed by atoms with Gasteiger partial charge in [-0.2, -0.15) is 0 Å². The maximum absolute atomic E-state index is 13.0. The van der Waals surface area contributed by atoms with Crippen molar-refractivity contribution < 1.29 is 14.0 Å². The first-order valence-corrected chi connectivity index (χ1v) is 9.95. The number of hydrogen-bond acceptors (Lipinski definition) is 2. The van der Waals surface area contributed by atoms with E-state index in [1.807, 2.05) is 35.4 Å². The number of halogens is 1. The van der Waals surface area contributed by atoms with Crippen molar-refractivity contribution in [2.45, 2.75) is 25.8 Å². The van der Waals surface area contributed by atoms with Crippen LogP contribution in [0.15, 0.2) is 54.7 Å². The predicted octanol–water partition coefficient (Wildman–Crippen LogP) is 3.40. The molecular weight excluding hydrogens is 369 g/mol. The summed E-state index contributed by atoms with van der Waals surface area (Å²) in [4.78, 5) is 30.2. The summed E-state index contributed by atoms with van der Waals surface area (Å²) in [5, 5.41) is 4.00. The highest BCUT2D eigenvalue weighted by Gasteiger charge is 2.27. The fourth-order valence-electron chi connectivity index (χ4n) is 3.88. The van der Waals surface area contributed by atoms with Crippen LogP contribution in [0.25, 0.3) is 10.9 Å². The van der Waals surface area contributed by atoms with Crippen LogP contribution in [-0.2, 0) is 22.6 Å². The van der Waals surface area contributed by atoms with Crippen LogP contribution in [-0.4, -0.2) is 34.8 Å². The van der Waals surface area contributed by atoms with Crippen LogP contribution in [0.1, 0.15) is 24.0 Å². The first kappa shape index (κ1) is 19.2. The molecule has 0 unspecified atom stereocenters. The standard InChI is InChI=1S/C23H24FN3O2/c24-19-7-5-16(6-8-19)14-26-23(29)17-9-11-27(12-10-17)22(28)13-18-15-25-21-4-2-1-3-20(18)21/h1-8,15,17,25H,9-14H2,(H,26,29). The van der Waals surface area contributed by atoms with Crippen LogP contribution in [0.2, 0.25) is 0 Å². The molecule has 150 valence electrons. The number of rotatable bonds is 5. The van der Waals surface area contributed by atoms with E-state index in [1.165, 1.54) is 12.1 Å². The minimum Gasteiger partial charge on any atom is -0.361 e. The molecule has 2 N–H and O–H groups in total. The molecule has 29 heavy (non-hydrogen) atoms. The summed E-state index contributed by atoms with van der Waals surface area (Å²) in [6.45, 7) is 1.57. The van der Waals surface area contributed by atoms with E-state index in [9.17, 15) is 14.0 Å². The van der Waals surface area contributed by atoms with Crippen molar-refractivity contribution in [2.75, 3.05) is 13.1 Å². The molecule has 0 spiro atoms. The molecule has 0 saturated carbocycles. The van der Waals surface area contributed by atoms with Crippen LogP contribution in [0.4, 0.5) is 4.39 Å². The van der Waals surface area contributed by atoms with Gasteiger partial charge in [0.05, 0.1) is 6.42 Å². The molecule has 1 aliphatic heterocycles. The van der Waals surface area contributed by atoms with Gasteiger partial charge in [0.1, 0.15) is 5.82 Å². The van der Waals surface area contributed by atoms with Gasteiger partial charge in [-0.15, -0.1) is 0 Å². The van der Waals surface area contributed by atoms with Gasteiger partial charge in [-0.3, -0.25) is 9.59 Å². The Bertz CT molecular complexity index is 1000. The number of carbonyl (C=O) groups excluding carboxylic acids is 2. The number of nitrogens with zero attached hydrogens (tertiary/aromatic N) is 1. The fraction of sp³-hybridized carbons (Fsp3) is 0.304. The van der Waals surface area contributed by atoms with Gasteiger partial charge in [-0.05, 0) is 42.2 Å². The lowest BCUT2D eigenvalue weighted by atomic mass is 9.95. The monoisotopic (exact) mass is 393 g/mol. The summed E-state index contributed by atoms with van der Waals surface area (Å²) < 4.78 is 13.0. The van der Waals surface area contributed by atoms with Gasteiger partial charge in [-0.1, -0.05) is 30.3 Å². The van der Waals surface area contributed by atoms with E-state index in [0.29, 0.717) is 38.9 Å². The number of aromatic amines is 1. The highest BCUT2D eigenvalue weighted by atomic mass is 19.1. The third-order valence-electron chi connectivity index (χ3n) is 5.62. The van der Waals surface area contributed by atoms with E-state index in [1.54, 1.807) is 12.1 Å². The third-order valence-corrected chi connectivity index (χ3v) is 5.62. The second kappa shape index (κ2) is 8.47. The normalized spacial score (nSPS) is 14.9. The van der Waals surface area contributed by atoms with Gasteiger partial charge in [-0.25, -0.2) is 4.39 Å². The Balaban J connectivity index is 1.26. The van der Waals surface area contributed by atoms with Crippen LogP contribution >= 0.6 is 0 Å². The SMILES string of the molecule is O=C(NCc1ccc(F)cc1)C1CCN(C(=O)Cc2c[nH]c3ccccc23)CC1. The van der Waals surface area contributed by atoms with Crippen molar-refractivity contribution in [1.29, 1.82) is 0 Å². The quantitative estimate of drug-likeness (QED) is 0.698. The molecule has 0 atom stereocenters. The first-order chi connectivity index (χ1) is 14.1. The lowest BCUT2D eigenvalue weighted by Gasteiger charge is -2.31. The second-order valence-electron chi connectivity index (χ2n) is 7.54. The van der Waals surface area contributed by atoms with Gasteiger partial charge in [0.15, 0.2) is 0 Å². The molecule has 6 heteroatoms. The van der Waals surface area contributed by atoms with Crippen molar-refractivity contribution in [1.82, 2.24) is 15.2 Å². The number of piperidine rings is 1. The van der Waals surface area contributed by atoms with Gasteiger partial charge in [0.2, 0.25) is 11.8 Å². The predicted molar refractivity (Wildman–Crippen MR) is 110 cm³/mol. The van der Waals surface area contributed by atoms with Crippen LogP contribution in [0, 0.1) is 11.7 Å². The molecule has 1 aromatic heterocycles. The maximum atomic E-state index is 13.0. The lowest BCUT2D eigenvalue weighted by Crippen LogP contribution is -2.43. The van der Waals surface area contributed by atoms with E-state index in [4.69, 9.17) is 0 Å². The number of para-hydroxylation sites is 1. The smallest absolute Gasteiger partial charge is 0.227 e. The summed E-state index contributed by atoms with van der Waals surface area (Å²) in [6, 6.07) is 14.1. The minimum absolute atomic E-state index is 0.00180. The highest BCUT2D eigenvalue weighted by molar-refractivity contribution is 5.89. The van der Waals surface area contributed by atoms with Crippen LogP contribution in [0.5, 0.6) is 0 Å². The molecule has 2 amide bonds. The molecular formula is C23H24FN3O2. The molecule has 0 bridgehead atoms. The van der Waals surface area contributed by atoms with Gasteiger partial charge in [0, 0.05) is 42.7 Å². The molecule has 0 radical (unpaired) electrons. The first-order valence-electron chi connectivity index (χ1n) is 9.95. The number of amides is 2. The number of nitrogens with one attached hydrogen (secondary N) is 2. The molecule has 1 aliphatic rings. The maximum Gasteiger partial charge on any atom is 0.227 e. The highest BCUT2D eigenvalue weighted by Crippen LogP contribution is 2.21. The van der Waals surface area contributed by atoms with E-state index in [2.05, 4.69) is 10.3 Å². The number of likely N-dealkylation sites (tertiary alicyclic amines) is 1. The third kappa shape index (κ3) is 4.47. The molecule has 2 aromatic carbocycles. The van der Waals surface area contributed by atoms with Gasteiger partial charge in [0.25, 0.3) is 0 Å². The fourth-order valence-corrected chi connectivity index (χ4v) is 3.88. The van der Waals surface area contributed by atoms with Crippen molar-refractivity contribution >= 4 is 22.7 Å². The van der Waals surface area contributed by atoms with E-state index < -0.39 is 0 Å². The minimum atomic E-state index is -0.287. The average molecular weight is 393 g/mol. The number of benzene rings is 2. The Labute approximate surface area is 168 Å². The molecule has 1 fully saturated rings. The summed E-state index contributed by atoms with van der Waals surface area (Å²) >= 11 is 0. The zero-order chi connectivity index (χ0) is 20.2. The van der Waals surface area contributed by atoms with Gasteiger partial charge >= 0.3 is 0 Å². The molecule has 1 saturated heterocycles. The topological polar surface area (TPSA) is 65.2 Å². The number of carbonyl (C=O) groups is 2. The Morgan fingerprint density at radius 1 is 1.07 bits per heavy atom. The van der Waals surface area contributed by atoms with Crippen molar-refractivity contribution in [2.24, 2.45) is 5.92 Å². The average Bonchev–Trinajstić information content (AvgIpc) is 3.16. The Kier molecular flexibility index (Phi) is 5.60. The zero-order valence-corrected chi connectivity index (χ0v) is 16.2. The number of fused-ring (bicyclic) bond motifs is 1. The molecule has 2 heterocycles. The number of H-pyrrole nitrogens is 1. The van der Waals surface area contributed by atoms with E-state index in [-0.39, 0.29) is 23.5 Å². The number of hydrogen-bond donors (Lipinski definition) is 2.